The van der Waals surface area contributed by atoms with E-state index in [9.17, 15) is 0 Å². The van der Waals surface area contributed by atoms with Gasteiger partial charge >= 0.3 is 0 Å². The topological polar surface area (TPSA) is 58.0 Å². The molecule has 0 amide bonds. The highest BCUT2D eigenvalue weighted by atomic mass is 16.5. The molecular formula is C8H9N3O. The molecule has 0 atom stereocenters. The minimum absolute atomic E-state index is 0.366. The molecule has 4 nitrogen and oxygen atoms in total. The Morgan fingerprint density at radius 1 is 1.33 bits per heavy atom. The van der Waals surface area contributed by atoms with Crippen LogP contribution in [0.5, 0.6) is 5.75 Å². The van der Waals surface area contributed by atoms with Crippen molar-refractivity contribution >= 4 is 0 Å². The summed E-state index contributed by atoms with van der Waals surface area (Å²) in [5.74, 6) is 0.797. The fourth-order valence-electron chi connectivity index (χ4n) is 0.766. The summed E-state index contributed by atoms with van der Waals surface area (Å²) in [6, 6.07) is 9.41. The largest absolute Gasteiger partial charge is 0.493 e. The summed E-state index contributed by atoms with van der Waals surface area (Å²) in [7, 11) is 0. The Kier molecular flexibility index (Phi) is 3.54. The van der Waals surface area contributed by atoms with Gasteiger partial charge in [-0.1, -0.05) is 23.3 Å². The third-order valence-corrected chi connectivity index (χ3v) is 1.27. The van der Waals surface area contributed by atoms with E-state index in [0.29, 0.717) is 13.2 Å². The second-order valence-corrected chi connectivity index (χ2v) is 2.12. The maximum absolute atomic E-state index is 7.97. The third-order valence-electron chi connectivity index (χ3n) is 1.27. The van der Waals surface area contributed by atoms with Crippen LogP contribution in [0.25, 0.3) is 10.4 Å². The summed E-state index contributed by atoms with van der Waals surface area (Å²) in [5.41, 5.74) is 7.97. The van der Waals surface area contributed by atoms with Crippen molar-refractivity contribution in [3.63, 3.8) is 0 Å². The van der Waals surface area contributed by atoms with Crippen molar-refractivity contribution in [3.05, 3.63) is 40.8 Å². The number of hydrogen-bond donors (Lipinski definition) is 0. The van der Waals surface area contributed by atoms with Crippen molar-refractivity contribution in [2.75, 3.05) is 13.2 Å². The van der Waals surface area contributed by atoms with E-state index >= 15 is 0 Å². The molecular weight excluding hydrogens is 154 g/mol. The molecule has 0 heterocycles. The molecule has 0 aliphatic rings. The normalized spacial score (nSPS) is 8.67. The van der Waals surface area contributed by atoms with Gasteiger partial charge in [-0.25, -0.2) is 0 Å². The molecule has 4 heteroatoms. The highest BCUT2D eigenvalue weighted by molar-refractivity contribution is 5.20. The molecule has 0 spiro atoms. The van der Waals surface area contributed by atoms with Gasteiger partial charge in [0.25, 0.3) is 0 Å². The first-order chi connectivity index (χ1) is 5.93. The number of azide groups is 1. The Balaban J connectivity index is 2.29. The van der Waals surface area contributed by atoms with Gasteiger partial charge in [0.15, 0.2) is 0 Å². The first-order valence-electron chi connectivity index (χ1n) is 3.62. The summed E-state index contributed by atoms with van der Waals surface area (Å²) in [6.07, 6.45) is 0. The molecule has 0 unspecified atom stereocenters. The van der Waals surface area contributed by atoms with Gasteiger partial charge in [0.05, 0.1) is 13.2 Å². The molecule has 0 aliphatic heterocycles. The van der Waals surface area contributed by atoms with E-state index in [0.717, 1.165) is 5.75 Å². The second kappa shape index (κ2) is 5.04. The summed E-state index contributed by atoms with van der Waals surface area (Å²) in [4.78, 5) is 2.61. The Bertz CT molecular complexity index is 267. The van der Waals surface area contributed by atoms with Crippen molar-refractivity contribution < 1.29 is 4.74 Å². The fourth-order valence-corrected chi connectivity index (χ4v) is 0.766. The predicted octanol–water partition coefficient (Wildman–Crippen LogP) is 2.38. The molecule has 0 aromatic heterocycles. The first-order valence-corrected chi connectivity index (χ1v) is 3.62. The van der Waals surface area contributed by atoms with Crippen LogP contribution in [0.1, 0.15) is 0 Å². The lowest BCUT2D eigenvalue weighted by atomic mass is 10.3. The van der Waals surface area contributed by atoms with Crippen LogP contribution in [-0.4, -0.2) is 13.2 Å². The van der Waals surface area contributed by atoms with Crippen LogP contribution < -0.4 is 4.74 Å². The van der Waals surface area contributed by atoms with Crippen LogP contribution in [-0.2, 0) is 0 Å². The van der Waals surface area contributed by atoms with E-state index < -0.39 is 0 Å². The van der Waals surface area contributed by atoms with Crippen LogP contribution in [0.4, 0.5) is 0 Å². The summed E-state index contributed by atoms with van der Waals surface area (Å²) in [6.45, 7) is 0.791. The lowest BCUT2D eigenvalue weighted by Gasteiger charge is -2.01. The zero-order chi connectivity index (χ0) is 8.65. The summed E-state index contributed by atoms with van der Waals surface area (Å²) in [5, 5.41) is 3.34. The zero-order valence-corrected chi connectivity index (χ0v) is 6.55. The minimum Gasteiger partial charge on any atom is -0.493 e. The number of hydrogen-bond acceptors (Lipinski definition) is 2. The average molecular weight is 163 g/mol. The van der Waals surface area contributed by atoms with E-state index in [1.54, 1.807) is 0 Å². The molecule has 12 heavy (non-hydrogen) atoms. The number of rotatable bonds is 4. The highest BCUT2D eigenvalue weighted by Crippen LogP contribution is 2.07. The highest BCUT2D eigenvalue weighted by Gasteiger charge is 1.88. The fraction of sp³-hybridized carbons (Fsp3) is 0.250. The lowest BCUT2D eigenvalue weighted by Crippen LogP contribution is -1.99. The van der Waals surface area contributed by atoms with Crippen LogP contribution in [0, 0.1) is 0 Å². The predicted molar refractivity (Wildman–Crippen MR) is 46.0 cm³/mol. The van der Waals surface area contributed by atoms with Crippen molar-refractivity contribution in [2.24, 2.45) is 5.11 Å². The van der Waals surface area contributed by atoms with Gasteiger partial charge in [-0.3, -0.25) is 0 Å². The molecule has 0 bridgehead atoms. The first kappa shape index (κ1) is 8.43. The van der Waals surface area contributed by atoms with E-state index in [-0.39, 0.29) is 0 Å². The van der Waals surface area contributed by atoms with Crippen molar-refractivity contribution in [2.45, 2.75) is 0 Å². The smallest absolute Gasteiger partial charge is 0.119 e. The molecule has 62 valence electrons. The maximum Gasteiger partial charge on any atom is 0.119 e. The van der Waals surface area contributed by atoms with Crippen LogP contribution >= 0.6 is 0 Å². The van der Waals surface area contributed by atoms with E-state index in [1.807, 2.05) is 30.3 Å². The maximum atomic E-state index is 7.97. The zero-order valence-electron chi connectivity index (χ0n) is 6.55. The van der Waals surface area contributed by atoms with Crippen molar-refractivity contribution in [1.82, 2.24) is 0 Å². The number of benzene rings is 1. The molecule has 1 aromatic carbocycles. The summed E-state index contributed by atoms with van der Waals surface area (Å²) < 4.78 is 5.24. The Morgan fingerprint density at radius 2 is 2.08 bits per heavy atom. The molecule has 1 rings (SSSR count). The Labute approximate surface area is 70.4 Å². The van der Waals surface area contributed by atoms with Gasteiger partial charge in [0.1, 0.15) is 5.75 Å². The van der Waals surface area contributed by atoms with Crippen LogP contribution in [0.15, 0.2) is 35.4 Å². The number of para-hydroxylation sites is 1. The number of ether oxygens (including phenoxy) is 1. The van der Waals surface area contributed by atoms with E-state index in [2.05, 4.69) is 10.0 Å². The Hall–Kier alpha value is -1.67. The van der Waals surface area contributed by atoms with Gasteiger partial charge < -0.3 is 4.74 Å². The summed E-state index contributed by atoms with van der Waals surface area (Å²) >= 11 is 0. The van der Waals surface area contributed by atoms with Gasteiger partial charge in [-0.15, -0.1) is 0 Å². The van der Waals surface area contributed by atoms with Crippen LogP contribution in [0.2, 0.25) is 0 Å². The lowest BCUT2D eigenvalue weighted by molar-refractivity contribution is 0.328. The van der Waals surface area contributed by atoms with Crippen LogP contribution in [0.3, 0.4) is 0 Å². The molecule has 0 saturated carbocycles. The van der Waals surface area contributed by atoms with E-state index in [1.165, 1.54) is 0 Å². The molecule has 0 N–H and O–H groups in total. The monoisotopic (exact) mass is 163 g/mol. The van der Waals surface area contributed by atoms with E-state index in [4.69, 9.17) is 10.3 Å². The van der Waals surface area contributed by atoms with Gasteiger partial charge in [-0.2, -0.15) is 0 Å². The molecule has 0 fully saturated rings. The quantitative estimate of drug-likeness (QED) is 0.291. The SMILES string of the molecule is [N-]=[N+]=NCCOc1ccccc1. The molecule has 1 aromatic rings. The minimum atomic E-state index is 0.366. The average Bonchev–Trinajstić information content (AvgIpc) is 2.14. The van der Waals surface area contributed by atoms with Gasteiger partial charge in [0, 0.05) is 4.91 Å². The Morgan fingerprint density at radius 3 is 2.75 bits per heavy atom. The molecule has 0 aliphatic carbocycles. The van der Waals surface area contributed by atoms with Crippen molar-refractivity contribution in [1.29, 1.82) is 0 Å². The van der Waals surface area contributed by atoms with Gasteiger partial charge in [0.2, 0.25) is 0 Å². The number of nitrogens with zero attached hydrogens (tertiary/aromatic N) is 3. The van der Waals surface area contributed by atoms with Gasteiger partial charge in [-0.05, 0) is 17.7 Å². The third kappa shape index (κ3) is 2.94. The van der Waals surface area contributed by atoms with Crippen molar-refractivity contribution in [3.8, 4) is 5.75 Å². The second-order valence-electron chi connectivity index (χ2n) is 2.12. The standard InChI is InChI=1S/C8H9N3O/c9-11-10-6-7-12-8-4-2-1-3-5-8/h1-5H,6-7H2. The molecule has 0 radical (unpaired) electrons. The molecule has 0 saturated heterocycles.